The minimum absolute atomic E-state index is 0.464. The van der Waals surface area contributed by atoms with Gasteiger partial charge in [0.05, 0.1) is 11.6 Å². The quantitative estimate of drug-likeness (QED) is 0.868. The zero-order chi connectivity index (χ0) is 16.1. The first-order chi connectivity index (χ1) is 11.3. The van der Waals surface area contributed by atoms with Crippen molar-refractivity contribution in [1.82, 2.24) is 15.5 Å². The minimum Gasteiger partial charge on any atom is -0.496 e. The molecule has 2 aromatic rings. The molecule has 0 radical (unpaired) electrons. The standard InChI is InChI=1S/C17H21BrN4O/c1-23-16-7-6-13(10-15(16)18)11-19-14-4-3-9-22(12-14)17-5-2-8-20-21-17/h2,5-8,10,14,19H,3-4,9,11-12H2,1H3/t14-/m0/s1. The molecular weight excluding hydrogens is 356 g/mol. The highest BCUT2D eigenvalue weighted by atomic mass is 79.9. The summed E-state index contributed by atoms with van der Waals surface area (Å²) >= 11 is 3.54. The third-order valence-corrected chi connectivity index (χ3v) is 4.73. The van der Waals surface area contributed by atoms with E-state index < -0.39 is 0 Å². The van der Waals surface area contributed by atoms with E-state index in [-0.39, 0.29) is 0 Å². The molecule has 0 amide bonds. The van der Waals surface area contributed by atoms with Crippen LogP contribution in [0.1, 0.15) is 18.4 Å². The second-order valence-electron chi connectivity index (χ2n) is 5.72. The number of methoxy groups -OCH3 is 1. The van der Waals surface area contributed by atoms with Crippen LogP contribution in [0.4, 0.5) is 5.82 Å². The summed E-state index contributed by atoms with van der Waals surface area (Å²) < 4.78 is 6.26. The molecule has 1 aromatic heterocycles. The molecule has 2 heterocycles. The molecule has 3 rings (SSSR count). The number of anilines is 1. The van der Waals surface area contributed by atoms with Gasteiger partial charge in [-0.2, -0.15) is 5.10 Å². The molecule has 23 heavy (non-hydrogen) atoms. The topological polar surface area (TPSA) is 50.3 Å². The van der Waals surface area contributed by atoms with E-state index in [1.165, 1.54) is 18.4 Å². The fraction of sp³-hybridized carbons (Fsp3) is 0.412. The Balaban J connectivity index is 1.57. The maximum atomic E-state index is 5.27. The van der Waals surface area contributed by atoms with Crippen LogP contribution in [0, 0.1) is 0 Å². The Hall–Kier alpha value is -1.66. The lowest BCUT2D eigenvalue weighted by molar-refractivity contribution is 0.410. The molecule has 122 valence electrons. The first-order valence-corrected chi connectivity index (χ1v) is 8.64. The zero-order valence-electron chi connectivity index (χ0n) is 13.2. The highest BCUT2D eigenvalue weighted by molar-refractivity contribution is 9.10. The summed E-state index contributed by atoms with van der Waals surface area (Å²) in [6, 6.07) is 10.6. The van der Waals surface area contributed by atoms with E-state index in [0.717, 1.165) is 35.7 Å². The number of rotatable bonds is 5. The van der Waals surface area contributed by atoms with Gasteiger partial charge in [-0.25, -0.2) is 0 Å². The van der Waals surface area contributed by atoms with Gasteiger partial charge in [0.25, 0.3) is 0 Å². The number of hydrogen-bond acceptors (Lipinski definition) is 5. The van der Waals surface area contributed by atoms with Crippen LogP contribution in [0.5, 0.6) is 5.75 Å². The van der Waals surface area contributed by atoms with E-state index in [9.17, 15) is 0 Å². The maximum Gasteiger partial charge on any atom is 0.151 e. The number of nitrogens with one attached hydrogen (secondary N) is 1. The van der Waals surface area contributed by atoms with Crippen molar-refractivity contribution < 1.29 is 4.74 Å². The highest BCUT2D eigenvalue weighted by Gasteiger charge is 2.20. The van der Waals surface area contributed by atoms with E-state index in [4.69, 9.17) is 4.74 Å². The molecule has 1 fully saturated rings. The number of halogens is 1. The van der Waals surface area contributed by atoms with Gasteiger partial charge < -0.3 is 15.0 Å². The third kappa shape index (κ3) is 4.20. The lowest BCUT2D eigenvalue weighted by Gasteiger charge is -2.33. The van der Waals surface area contributed by atoms with Crippen LogP contribution >= 0.6 is 15.9 Å². The van der Waals surface area contributed by atoms with Crippen LogP contribution in [0.25, 0.3) is 0 Å². The first kappa shape index (κ1) is 16.2. The average Bonchev–Trinajstić information content (AvgIpc) is 2.61. The van der Waals surface area contributed by atoms with E-state index in [1.54, 1.807) is 13.3 Å². The van der Waals surface area contributed by atoms with E-state index >= 15 is 0 Å². The number of aromatic nitrogens is 2. The summed E-state index contributed by atoms with van der Waals surface area (Å²) in [6.45, 7) is 2.86. The summed E-state index contributed by atoms with van der Waals surface area (Å²) in [5.41, 5.74) is 1.24. The molecular formula is C17H21BrN4O. The molecule has 1 saturated heterocycles. The number of hydrogen-bond donors (Lipinski definition) is 1. The predicted molar refractivity (Wildman–Crippen MR) is 94.8 cm³/mol. The molecule has 1 N–H and O–H groups in total. The molecule has 0 spiro atoms. The Bertz CT molecular complexity index is 638. The number of ether oxygens (including phenoxy) is 1. The smallest absolute Gasteiger partial charge is 0.151 e. The Morgan fingerprint density at radius 2 is 2.30 bits per heavy atom. The summed E-state index contributed by atoms with van der Waals surface area (Å²) in [5.74, 6) is 1.83. The normalized spacial score (nSPS) is 18.0. The van der Waals surface area contributed by atoms with E-state index in [0.29, 0.717) is 6.04 Å². The number of piperidine rings is 1. The lowest BCUT2D eigenvalue weighted by atomic mass is 10.1. The maximum absolute atomic E-state index is 5.27. The van der Waals surface area contributed by atoms with Gasteiger partial charge in [0.1, 0.15) is 5.75 Å². The van der Waals surface area contributed by atoms with Gasteiger partial charge in [-0.05, 0) is 58.6 Å². The molecule has 0 saturated carbocycles. The summed E-state index contributed by atoms with van der Waals surface area (Å²) in [6.07, 6.45) is 4.07. The van der Waals surface area contributed by atoms with Crippen LogP contribution in [-0.4, -0.2) is 36.4 Å². The zero-order valence-corrected chi connectivity index (χ0v) is 14.8. The van der Waals surface area contributed by atoms with Crippen molar-refractivity contribution in [3.8, 4) is 5.75 Å². The Morgan fingerprint density at radius 1 is 1.39 bits per heavy atom. The fourth-order valence-corrected chi connectivity index (χ4v) is 3.48. The van der Waals surface area contributed by atoms with Crippen LogP contribution in [0.15, 0.2) is 41.0 Å². The summed E-state index contributed by atoms with van der Waals surface area (Å²) in [5, 5.41) is 11.8. The predicted octanol–water partition coefficient (Wildman–Crippen LogP) is 3.01. The SMILES string of the molecule is COc1ccc(CN[C@H]2CCCN(c3cccnn3)C2)cc1Br. The van der Waals surface area contributed by atoms with Crippen molar-refractivity contribution >= 4 is 21.7 Å². The van der Waals surface area contributed by atoms with Crippen molar-refractivity contribution in [2.75, 3.05) is 25.1 Å². The van der Waals surface area contributed by atoms with Crippen molar-refractivity contribution in [3.63, 3.8) is 0 Å². The minimum atomic E-state index is 0.464. The van der Waals surface area contributed by atoms with Crippen molar-refractivity contribution in [1.29, 1.82) is 0 Å². The van der Waals surface area contributed by atoms with Gasteiger partial charge in [0.2, 0.25) is 0 Å². The van der Waals surface area contributed by atoms with Gasteiger partial charge in [-0.1, -0.05) is 6.07 Å². The largest absolute Gasteiger partial charge is 0.496 e. The second-order valence-corrected chi connectivity index (χ2v) is 6.57. The first-order valence-electron chi connectivity index (χ1n) is 7.84. The molecule has 6 heteroatoms. The molecule has 1 aromatic carbocycles. The molecule has 0 unspecified atom stereocenters. The molecule has 0 bridgehead atoms. The van der Waals surface area contributed by atoms with Gasteiger partial charge in [0.15, 0.2) is 5.82 Å². The van der Waals surface area contributed by atoms with Crippen LogP contribution in [0.2, 0.25) is 0 Å². The Kier molecular flexibility index (Phi) is 5.46. The molecule has 5 nitrogen and oxygen atoms in total. The summed E-state index contributed by atoms with van der Waals surface area (Å²) in [4.78, 5) is 2.30. The molecule has 1 atom stereocenters. The monoisotopic (exact) mass is 376 g/mol. The Morgan fingerprint density at radius 3 is 3.04 bits per heavy atom. The van der Waals surface area contributed by atoms with E-state index in [2.05, 4.69) is 48.5 Å². The third-order valence-electron chi connectivity index (χ3n) is 4.11. The second kappa shape index (κ2) is 7.75. The number of benzene rings is 1. The number of nitrogens with zero attached hydrogens (tertiary/aromatic N) is 3. The molecule has 1 aliphatic rings. The van der Waals surface area contributed by atoms with Crippen LogP contribution in [-0.2, 0) is 6.54 Å². The molecule has 1 aliphatic heterocycles. The van der Waals surface area contributed by atoms with Crippen LogP contribution < -0.4 is 15.0 Å². The van der Waals surface area contributed by atoms with Crippen molar-refractivity contribution in [3.05, 3.63) is 46.6 Å². The van der Waals surface area contributed by atoms with Crippen molar-refractivity contribution in [2.45, 2.75) is 25.4 Å². The fourth-order valence-electron chi connectivity index (χ4n) is 2.90. The van der Waals surface area contributed by atoms with Gasteiger partial charge in [0, 0.05) is 31.9 Å². The van der Waals surface area contributed by atoms with Gasteiger partial charge in [-0.15, -0.1) is 5.10 Å². The van der Waals surface area contributed by atoms with Gasteiger partial charge in [-0.3, -0.25) is 0 Å². The Labute approximate surface area is 145 Å². The lowest BCUT2D eigenvalue weighted by Crippen LogP contribution is -2.45. The highest BCUT2D eigenvalue weighted by Crippen LogP contribution is 2.25. The summed E-state index contributed by atoms with van der Waals surface area (Å²) in [7, 11) is 1.68. The van der Waals surface area contributed by atoms with Crippen molar-refractivity contribution in [2.24, 2.45) is 0 Å². The van der Waals surface area contributed by atoms with E-state index in [1.807, 2.05) is 18.2 Å². The van der Waals surface area contributed by atoms with Gasteiger partial charge >= 0.3 is 0 Å². The molecule has 0 aliphatic carbocycles. The van der Waals surface area contributed by atoms with Crippen LogP contribution in [0.3, 0.4) is 0 Å². The average molecular weight is 377 g/mol.